The van der Waals surface area contributed by atoms with Gasteiger partial charge in [-0.1, -0.05) is 64.8 Å². The first-order valence-corrected chi connectivity index (χ1v) is 14.2. The van der Waals surface area contributed by atoms with Crippen LogP contribution in [-0.2, 0) is 30.2 Å². The first-order valence-electron chi connectivity index (χ1n) is 14.2. The van der Waals surface area contributed by atoms with Crippen molar-refractivity contribution in [2.75, 3.05) is 33.5 Å². The van der Waals surface area contributed by atoms with E-state index in [1.165, 1.54) is 19.2 Å². The molecular weight excluding hydrogens is 562 g/mol. The summed E-state index contributed by atoms with van der Waals surface area (Å²) in [6.07, 6.45) is -1.10. The van der Waals surface area contributed by atoms with Gasteiger partial charge in [0.1, 0.15) is 18.4 Å². The standard InChI is InChI=1S/C31H41NO11/c1-6-21(3)19-39-30(35)42-26-14-13-23(18-27(26)43-31(36)40-20-22(4)7-2)17-25(28(33)37-5)32-15-16-38-29(34)41-24-11-9-8-10-12-24/h8-14,18,21-22,25,32H,6-7,15-17,19-20H2,1-5H3/t21?,22?,25-/m0/s1. The van der Waals surface area contributed by atoms with E-state index < -0.39 is 30.5 Å². The Morgan fingerprint density at radius 1 is 0.744 bits per heavy atom. The monoisotopic (exact) mass is 603 g/mol. The van der Waals surface area contributed by atoms with Crippen LogP contribution in [0.4, 0.5) is 14.4 Å². The molecule has 12 heteroatoms. The number of methoxy groups -OCH3 is 1. The second-order valence-electron chi connectivity index (χ2n) is 9.88. The van der Waals surface area contributed by atoms with E-state index in [1.807, 2.05) is 27.7 Å². The van der Waals surface area contributed by atoms with Crippen molar-refractivity contribution in [1.29, 1.82) is 0 Å². The van der Waals surface area contributed by atoms with Crippen LogP contribution in [0, 0.1) is 11.8 Å². The van der Waals surface area contributed by atoms with Crippen molar-refractivity contribution in [3.8, 4) is 17.2 Å². The Hall–Kier alpha value is -4.32. The summed E-state index contributed by atoms with van der Waals surface area (Å²) in [7, 11) is 1.24. The van der Waals surface area contributed by atoms with Gasteiger partial charge in [0.05, 0.1) is 20.3 Å². The molecule has 2 unspecified atom stereocenters. The predicted molar refractivity (Wildman–Crippen MR) is 155 cm³/mol. The molecule has 0 saturated heterocycles. The fourth-order valence-corrected chi connectivity index (χ4v) is 3.34. The van der Waals surface area contributed by atoms with E-state index >= 15 is 0 Å². The largest absolute Gasteiger partial charge is 0.513 e. The van der Waals surface area contributed by atoms with E-state index in [1.54, 1.807) is 36.4 Å². The zero-order valence-corrected chi connectivity index (χ0v) is 25.3. The number of hydrogen-bond acceptors (Lipinski definition) is 12. The van der Waals surface area contributed by atoms with E-state index in [4.69, 9.17) is 33.2 Å². The molecule has 2 aromatic rings. The maximum atomic E-state index is 12.5. The molecular formula is C31H41NO11. The predicted octanol–water partition coefficient (Wildman–Crippen LogP) is 5.70. The third kappa shape index (κ3) is 13.5. The van der Waals surface area contributed by atoms with Crippen LogP contribution in [0.5, 0.6) is 17.2 Å². The fourth-order valence-electron chi connectivity index (χ4n) is 3.34. The Morgan fingerprint density at radius 3 is 1.91 bits per heavy atom. The number of nitrogens with one attached hydrogen (secondary N) is 1. The van der Waals surface area contributed by atoms with Crippen LogP contribution in [-0.4, -0.2) is 64.0 Å². The van der Waals surface area contributed by atoms with Gasteiger partial charge in [-0.05, 0) is 48.1 Å². The molecule has 0 bridgehead atoms. The van der Waals surface area contributed by atoms with Gasteiger partial charge in [-0.25, -0.2) is 14.4 Å². The molecule has 3 atom stereocenters. The van der Waals surface area contributed by atoms with Crippen molar-refractivity contribution in [2.24, 2.45) is 11.8 Å². The molecule has 2 aromatic carbocycles. The number of benzene rings is 2. The van der Waals surface area contributed by atoms with Crippen molar-refractivity contribution < 1.29 is 52.3 Å². The Morgan fingerprint density at radius 2 is 1.33 bits per heavy atom. The minimum absolute atomic E-state index is 0.0636. The summed E-state index contributed by atoms with van der Waals surface area (Å²) in [5, 5.41) is 2.97. The van der Waals surface area contributed by atoms with E-state index in [0.717, 1.165) is 12.8 Å². The summed E-state index contributed by atoms with van der Waals surface area (Å²) in [5.41, 5.74) is 0.539. The first kappa shape index (κ1) is 34.9. The molecule has 0 aliphatic heterocycles. The molecule has 0 aromatic heterocycles. The topological polar surface area (TPSA) is 145 Å². The van der Waals surface area contributed by atoms with Gasteiger partial charge >= 0.3 is 24.4 Å². The highest BCUT2D eigenvalue weighted by Gasteiger charge is 2.22. The van der Waals surface area contributed by atoms with Gasteiger partial charge in [0.2, 0.25) is 0 Å². The average Bonchev–Trinajstić information content (AvgIpc) is 3.01. The lowest BCUT2D eigenvalue weighted by molar-refractivity contribution is -0.143. The van der Waals surface area contributed by atoms with Crippen LogP contribution in [0.25, 0.3) is 0 Å². The van der Waals surface area contributed by atoms with Crippen LogP contribution >= 0.6 is 0 Å². The molecule has 2 rings (SSSR count). The van der Waals surface area contributed by atoms with E-state index in [0.29, 0.717) is 11.3 Å². The smallest absolute Gasteiger partial charge is 0.468 e. The number of esters is 1. The third-order valence-corrected chi connectivity index (χ3v) is 6.34. The van der Waals surface area contributed by atoms with Gasteiger partial charge in [-0.3, -0.25) is 4.79 Å². The normalized spacial score (nSPS) is 12.7. The summed E-state index contributed by atoms with van der Waals surface area (Å²) in [6, 6.07) is 12.1. The zero-order valence-electron chi connectivity index (χ0n) is 25.3. The highest BCUT2D eigenvalue weighted by Crippen LogP contribution is 2.30. The molecule has 0 saturated carbocycles. The van der Waals surface area contributed by atoms with Gasteiger partial charge in [-0.15, -0.1) is 0 Å². The van der Waals surface area contributed by atoms with E-state index in [-0.39, 0.29) is 56.1 Å². The first-order chi connectivity index (χ1) is 20.6. The van der Waals surface area contributed by atoms with Crippen LogP contribution < -0.4 is 19.5 Å². The number of hydrogen-bond donors (Lipinski definition) is 1. The lowest BCUT2D eigenvalue weighted by Gasteiger charge is -2.18. The molecule has 0 radical (unpaired) electrons. The lowest BCUT2D eigenvalue weighted by atomic mass is 10.1. The quantitative estimate of drug-likeness (QED) is 0.109. The number of carbonyl (C=O) groups excluding carboxylic acids is 4. The third-order valence-electron chi connectivity index (χ3n) is 6.34. The van der Waals surface area contributed by atoms with Crippen molar-refractivity contribution in [1.82, 2.24) is 5.32 Å². The summed E-state index contributed by atoms with van der Waals surface area (Å²) in [4.78, 5) is 49.1. The van der Waals surface area contributed by atoms with E-state index in [9.17, 15) is 19.2 Å². The maximum absolute atomic E-state index is 12.5. The summed E-state index contributed by atoms with van der Waals surface area (Å²) in [6.45, 7) is 8.13. The molecule has 12 nitrogen and oxygen atoms in total. The van der Waals surface area contributed by atoms with Gasteiger partial charge in [0, 0.05) is 6.54 Å². The van der Waals surface area contributed by atoms with Crippen molar-refractivity contribution in [2.45, 2.75) is 53.0 Å². The van der Waals surface area contributed by atoms with Gasteiger partial charge in [-0.2, -0.15) is 0 Å². The minimum atomic E-state index is -0.975. The van der Waals surface area contributed by atoms with Crippen molar-refractivity contribution in [3.63, 3.8) is 0 Å². The molecule has 0 fully saturated rings. The molecule has 0 aliphatic rings. The highest BCUT2D eigenvalue weighted by molar-refractivity contribution is 5.76. The molecule has 0 amide bonds. The zero-order chi connectivity index (χ0) is 31.6. The molecule has 0 heterocycles. The van der Waals surface area contributed by atoms with Crippen LogP contribution in [0.1, 0.15) is 46.1 Å². The molecule has 43 heavy (non-hydrogen) atoms. The van der Waals surface area contributed by atoms with Crippen molar-refractivity contribution >= 4 is 24.4 Å². The maximum Gasteiger partial charge on any atom is 0.513 e. The minimum Gasteiger partial charge on any atom is -0.468 e. The Kier molecular flexibility index (Phi) is 15.4. The number of carbonyl (C=O) groups is 4. The van der Waals surface area contributed by atoms with Crippen molar-refractivity contribution in [3.05, 3.63) is 54.1 Å². The fraction of sp³-hybridized carbons (Fsp3) is 0.484. The van der Waals surface area contributed by atoms with Gasteiger partial charge in [0.25, 0.3) is 0 Å². The Labute approximate surface area is 251 Å². The van der Waals surface area contributed by atoms with Gasteiger partial charge < -0.3 is 38.5 Å². The number of ether oxygens (including phenoxy) is 7. The Bertz CT molecular complexity index is 1170. The van der Waals surface area contributed by atoms with Crippen LogP contribution in [0.15, 0.2) is 48.5 Å². The number of para-hydroxylation sites is 1. The summed E-state index contributed by atoms with van der Waals surface area (Å²) in [5.74, 6) is -0.124. The lowest BCUT2D eigenvalue weighted by Crippen LogP contribution is -2.41. The average molecular weight is 604 g/mol. The molecule has 236 valence electrons. The molecule has 0 aliphatic carbocycles. The second kappa shape index (κ2) is 19.0. The highest BCUT2D eigenvalue weighted by atomic mass is 16.7. The second-order valence-corrected chi connectivity index (χ2v) is 9.88. The molecule has 1 N–H and O–H groups in total. The van der Waals surface area contributed by atoms with Gasteiger partial charge in [0.15, 0.2) is 11.5 Å². The van der Waals surface area contributed by atoms with E-state index in [2.05, 4.69) is 5.32 Å². The summed E-state index contributed by atoms with van der Waals surface area (Å²) >= 11 is 0. The molecule has 0 spiro atoms. The van der Waals surface area contributed by atoms with Crippen LogP contribution in [0.3, 0.4) is 0 Å². The number of rotatable bonds is 16. The Balaban J connectivity index is 2.08. The summed E-state index contributed by atoms with van der Waals surface area (Å²) < 4.78 is 36.0. The van der Waals surface area contributed by atoms with Crippen LogP contribution in [0.2, 0.25) is 0 Å². The SMILES string of the molecule is CCC(C)COC(=O)Oc1ccc(C[C@H](NCCOC(=O)Oc2ccccc2)C(=O)OC)cc1OC(=O)OCC(C)CC.